The van der Waals surface area contributed by atoms with Gasteiger partial charge in [0.2, 0.25) is 0 Å². The predicted octanol–water partition coefficient (Wildman–Crippen LogP) is 38.8. The van der Waals surface area contributed by atoms with Gasteiger partial charge in [-0.1, -0.05) is 359 Å². The van der Waals surface area contributed by atoms with Crippen molar-refractivity contribution in [3.05, 3.63) is 391 Å². The summed E-state index contributed by atoms with van der Waals surface area (Å²) in [7, 11) is 0. The van der Waals surface area contributed by atoms with Crippen molar-refractivity contribution >= 4 is 292 Å². The number of hydrogen-bond acceptors (Lipinski definition) is 0. The monoisotopic (exact) mass is 2250 g/mol. The van der Waals surface area contributed by atoms with Gasteiger partial charge in [0, 0.05) is 88.5 Å². The van der Waals surface area contributed by atoms with Gasteiger partial charge < -0.3 is 0 Å². The molecule has 0 unspecified atom stereocenters. The zero-order chi connectivity index (χ0) is 88.8. The standard InChI is InChI=1S/C40H26Br2I2.2C40H28Br2/c1-19-13-21(3)31-27(15-19)33-29(41)17-23-9-5-7-11-25(23)35(33)37(39(31)43)38-36-26-12-8-6-10-24(26)18-30(42)34(36)28-16-20(2)14-22(4)32(28)40(38)44;1-21-13-23(3)29-19-33(37-27-11-7-5-9-25(27)17-35(41)39(37)31(29)15-21)34-20-30-24(4)14-22(2)16-32(30)40-36(42)18-26-10-6-8-12-28(26)38(34)40;1-25-17-27(3)33(35(19-25)37-21-29-11-5-7-13-31(29)23-39(37)41)15-9-10-16-34-28(4)18-26(2)20-36(34)38-22-30-12-6-8-14-32(30)24-40(38)42/h5-18H,1-4H3;5-20H,1-4H3;5-8,11-14,17-24H,1-4H3. The van der Waals surface area contributed by atoms with Crippen LogP contribution in [0.2, 0.25) is 0 Å². The Balaban J connectivity index is 0.000000121. The Bertz CT molecular complexity index is 8320. The minimum Gasteiger partial charge on any atom is -0.0616 e. The molecular weight excluding hydrogens is 2170 g/mol. The van der Waals surface area contributed by atoms with Crippen molar-refractivity contribution in [3.63, 3.8) is 0 Å². The van der Waals surface area contributed by atoms with Gasteiger partial charge in [-0.2, -0.15) is 0 Å². The molecule has 0 saturated carbocycles. The SMILES string of the molecule is Cc1cc(C)c(C#CC#Cc2c(C)cc(C)cc2-c2cc3ccccc3cc2Br)c(-c2cc3ccccc3cc2Br)c1.Cc1cc(C)c2c(I)c(-c3c(I)c4c(C)cc(C)cc4c4c(Br)cc5ccccc5c34)c3c4ccccc4cc(Br)c3c2c1.Cc1cc(C)c2cc(-c3cc4c(C)cc(C)cc4c4c(Br)cc5ccccc5c34)c3c4ccccc4cc(Br)c3c2c1. The summed E-state index contributed by atoms with van der Waals surface area (Å²) in [5.74, 6) is 13.3. The fraction of sp³-hybridized carbons (Fsp3) is 0.100. The smallest absolute Gasteiger partial charge is 0.0363 e. The molecule has 128 heavy (non-hydrogen) atoms. The number of rotatable bonds is 4. The molecule has 0 aliphatic heterocycles. The fourth-order valence-corrected chi connectivity index (χ4v) is 26.9. The summed E-state index contributed by atoms with van der Waals surface area (Å²) < 4.78 is 9.26. The highest BCUT2D eigenvalue weighted by Gasteiger charge is 2.29. The van der Waals surface area contributed by atoms with Gasteiger partial charge in [-0.25, -0.2) is 0 Å². The Morgan fingerprint density at radius 2 is 0.445 bits per heavy atom. The highest BCUT2D eigenvalue weighted by molar-refractivity contribution is 14.1. The maximum atomic E-state index is 4.09. The third-order valence-corrected chi connectivity index (χ3v) is 31.8. The lowest BCUT2D eigenvalue weighted by Crippen LogP contribution is -1.99. The second kappa shape index (κ2) is 34.3. The second-order valence-corrected chi connectivity index (χ2v) is 42.1. The highest BCUT2D eigenvalue weighted by atomic mass is 127. The van der Waals surface area contributed by atoms with Crippen LogP contribution < -0.4 is 0 Å². The first-order valence-electron chi connectivity index (χ1n) is 42.9. The molecule has 0 radical (unpaired) electrons. The van der Waals surface area contributed by atoms with E-state index in [2.05, 4.69) is 527 Å². The van der Waals surface area contributed by atoms with Gasteiger partial charge in [-0.15, -0.1) is 0 Å². The van der Waals surface area contributed by atoms with E-state index < -0.39 is 0 Å². The van der Waals surface area contributed by atoms with E-state index in [4.69, 9.17) is 0 Å². The molecule has 0 fully saturated rings. The van der Waals surface area contributed by atoms with Crippen molar-refractivity contribution in [3.8, 4) is 68.2 Å². The van der Waals surface area contributed by atoms with E-state index in [1.54, 1.807) is 0 Å². The zero-order valence-corrected chi connectivity index (χ0v) is 86.4. The summed E-state index contributed by atoms with van der Waals surface area (Å²) in [6, 6.07) is 103. The Morgan fingerprint density at radius 3 is 0.781 bits per heavy atom. The summed E-state index contributed by atoms with van der Waals surface area (Å²) in [5, 5.41) is 35.7. The highest BCUT2D eigenvalue weighted by Crippen LogP contribution is 2.56. The third kappa shape index (κ3) is 15.1. The molecule has 0 aromatic heterocycles. The average Bonchev–Trinajstić information content (AvgIpc) is 0.698. The molecule has 8 heteroatoms. The Kier molecular flexibility index (Phi) is 23.1. The van der Waals surface area contributed by atoms with Crippen molar-refractivity contribution in [2.24, 2.45) is 0 Å². The van der Waals surface area contributed by atoms with Crippen LogP contribution in [0.15, 0.2) is 306 Å². The molecule has 0 aliphatic rings. The normalized spacial score (nSPS) is 11.6. The van der Waals surface area contributed by atoms with Gasteiger partial charge in [0.1, 0.15) is 0 Å². The fourth-order valence-electron chi connectivity index (χ4n) is 20.6. The predicted molar refractivity (Wildman–Crippen MR) is 595 cm³/mol. The topological polar surface area (TPSA) is 0 Å². The molecule has 22 rings (SSSR count). The summed E-state index contributed by atoms with van der Waals surface area (Å²) in [4.78, 5) is 0. The number of benzene rings is 22. The first-order chi connectivity index (χ1) is 61.7. The lowest BCUT2D eigenvalue weighted by Gasteiger charge is -2.24. The van der Waals surface area contributed by atoms with E-state index in [-0.39, 0.29) is 0 Å². The largest absolute Gasteiger partial charge is 0.0616 e. The lowest BCUT2D eigenvalue weighted by atomic mass is 9.83. The van der Waals surface area contributed by atoms with Gasteiger partial charge in [0.05, 0.1) is 0 Å². The number of halogens is 8. The maximum absolute atomic E-state index is 4.09. The number of fused-ring (bicyclic) bond motifs is 22. The number of aryl methyl sites for hydroxylation is 12. The van der Waals surface area contributed by atoms with Crippen LogP contribution in [0, 0.1) is 114 Å². The molecule has 0 aliphatic carbocycles. The van der Waals surface area contributed by atoms with E-state index >= 15 is 0 Å². The van der Waals surface area contributed by atoms with E-state index in [0.29, 0.717) is 0 Å². The maximum Gasteiger partial charge on any atom is 0.0363 e. The molecule has 0 amide bonds. The van der Waals surface area contributed by atoms with Crippen molar-refractivity contribution < 1.29 is 0 Å². The molecule has 0 saturated heterocycles. The zero-order valence-electron chi connectivity index (χ0n) is 72.6. The van der Waals surface area contributed by atoms with Crippen LogP contribution in [0.4, 0.5) is 0 Å². The van der Waals surface area contributed by atoms with E-state index in [0.717, 1.165) is 71.3 Å². The summed E-state index contributed by atoms with van der Waals surface area (Å²) >= 11 is 29.3. The summed E-state index contributed by atoms with van der Waals surface area (Å²) in [6.07, 6.45) is 0. The first kappa shape index (κ1) is 86.0. The number of hydrogen-bond donors (Lipinski definition) is 0. The second-order valence-electron chi connectivity index (χ2n) is 34.8. The molecule has 618 valence electrons. The van der Waals surface area contributed by atoms with Crippen molar-refractivity contribution in [2.45, 2.75) is 83.1 Å². The molecular formula is C120H82Br6I2. The molecule has 0 N–H and O–H groups in total. The molecule has 0 heterocycles. The summed E-state index contributed by atoms with van der Waals surface area (Å²) in [6.45, 7) is 26.4. The van der Waals surface area contributed by atoms with Crippen molar-refractivity contribution in [1.82, 2.24) is 0 Å². The molecule has 22 aromatic carbocycles. The van der Waals surface area contributed by atoms with Crippen LogP contribution in [0.5, 0.6) is 0 Å². The van der Waals surface area contributed by atoms with Crippen LogP contribution in [-0.2, 0) is 0 Å². The Morgan fingerprint density at radius 1 is 0.188 bits per heavy atom. The molecule has 0 bridgehead atoms. The minimum atomic E-state index is 1.00. The molecule has 0 atom stereocenters. The van der Waals surface area contributed by atoms with Crippen LogP contribution in [0.3, 0.4) is 0 Å². The van der Waals surface area contributed by atoms with E-state index in [9.17, 15) is 0 Å². The van der Waals surface area contributed by atoms with Crippen molar-refractivity contribution in [1.29, 1.82) is 0 Å². The van der Waals surface area contributed by atoms with Crippen molar-refractivity contribution in [2.75, 3.05) is 0 Å². The summed E-state index contributed by atoms with van der Waals surface area (Å²) in [5.41, 5.74) is 26.8. The lowest BCUT2D eigenvalue weighted by molar-refractivity contribution is 1.36. The molecule has 22 aromatic rings. The molecule has 0 spiro atoms. The van der Waals surface area contributed by atoms with E-state index in [1.807, 2.05) is 0 Å². The minimum absolute atomic E-state index is 1.00. The van der Waals surface area contributed by atoms with Crippen LogP contribution in [0.1, 0.15) is 77.9 Å². The Labute approximate surface area is 824 Å². The van der Waals surface area contributed by atoms with Gasteiger partial charge in [0.15, 0.2) is 0 Å². The van der Waals surface area contributed by atoms with Crippen LogP contribution in [-0.4, -0.2) is 0 Å². The van der Waals surface area contributed by atoms with E-state index in [1.165, 1.54) is 236 Å². The quantitative estimate of drug-likeness (QED) is 0.0936. The third-order valence-electron chi connectivity index (χ3n) is 25.8. The van der Waals surface area contributed by atoms with Gasteiger partial charge in [-0.05, 0) is 386 Å². The Hall–Kier alpha value is -10.1. The molecule has 0 nitrogen and oxygen atoms in total. The van der Waals surface area contributed by atoms with Crippen LogP contribution in [0.25, 0.3) is 195 Å². The first-order valence-corrected chi connectivity index (χ1v) is 49.8. The average molecular weight is 2260 g/mol. The van der Waals surface area contributed by atoms with Gasteiger partial charge in [0.25, 0.3) is 0 Å². The van der Waals surface area contributed by atoms with Crippen LogP contribution >= 0.6 is 141 Å². The van der Waals surface area contributed by atoms with Gasteiger partial charge >= 0.3 is 0 Å². The van der Waals surface area contributed by atoms with Gasteiger partial charge in [-0.3, -0.25) is 0 Å².